The first-order chi connectivity index (χ1) is 13.9. The fourth-order valence-corrected chi connectivity index (χ4v) is 3.28. The van der Waals surface area contributed by atoms with Crippen LogP contribution >= 0.6 is 0 Å². The topological polar surface area (TPSA) is 120 Å². The van der Waals surface area contributed by atoms with Crippen molar-refractivity contribution in [1.82, 2.24) is 5.32 Å². The number of primary sulfonamides is 1. The Morgan fingerprint density at radius 1 is 1.17 bits per heavy atom. The molecule has 4 N–H and O–H groups in total. The SMILES string of the molecule is C=CCOc1ccccc1OCCNCC(O)c1ccc(OC)c(S(N)(=O)=O)c1. The highest BCUT2D eigenvalue weighted by Gasteiger charge is 2.18. The molecule has 158 valence electrons. The average Bonchev–Trinajstić information content (AvgIpc) is 2.71. The van der Waals surface area contributed by atoms with Gasteiger partial charge in [0, 0.05) is 13.1 Å². The first-order valence-electron chi connectivity index (χ1n) is 8.92. The van der Waals surface area contributed by atoms with Gasteiger partial charge in [-0.3, -0.25) is 0 Å². The predicted molar refractivity (Wildman–Crippen MR) is 110 cm³/mol. The van der Waals surface area contributed by atoms with E-state index in [4.69, 9.17) is 19.3 Å². The molecular weight excluding hydrogens is 396 g/mol. The van der Waals surface area contributed by atoms with Crippen LogP contribution in [0, 0.1) is 0 Å². The van der Waals surface area contributed by atoms with E-state index in [1.807, 2.05) is 18.2 Å². The molecule has 29 heavy (non-hydrogen) atoms. The van der Waals surface area contributed by atoms with Crippen molar-refractivity contribution in [2.45, 2.75) is 11.0 Å². The van der Waals surface area contributed by atoms with Crippen molar-refractivity contribution >= 4 is 10.0 Å². The van der Waals surface area contributed by atoms with Crippen LogP contribution < -0.4 is 24.7 Å². The van der Waals surface area contributed by atoms with E-state index in [-0.39, 0.29) is 17.2 Å². The van der Waals surface area contributed by atoms with Crippen LogP contribution in [0.1, 0.15) is 11.7 Å². The smallest absolute Gasteiger partial charge is 0.241 e. The maximum absolute atomic E-state index is 11.7. The van der Waals surface area contributed by atoms with Gasteiger partial charge in [-0.15, -0.1) is 0 Å². The molecule has 0 heterocycles. The Balaban J connectivity index is 1.86. The lowest BCUT2D eigenvalue weighted by atomic mass is 10.1. The fourth-order valence-electron chi connectivity index (χ4n) is 2.55. The number of methoxy groups -OCH3 is 1. The molecule has 1 atom stereocenters. The van der Waals surface area contributed by atoms with Crippen molar-refractivity contribution in [2.75, 3.05) is 33.4 Å². The number of hydrogen-bond acceptors (Lipinski definition) is 7. The second kappa shape index (κ2) is 10.8. The van der Waals surface area contributed by atoms with Gasteiger partial charge in [-0.25, -0.2) is 13.6 Å². The van der Waals surface area contributed by atoms with Gasteiger partial charge in [-0.1, -0.05) is 30.9 Å². The van der Waals surface area contributed by atoms with Crippen molar-refractivity contribution < 1.29 is 27.7 Å². The maximum atomic E-state index is 11.7. The predicted octanol–water partition coefficient (Wildman–Crippen LogP) is 1.61. The molecule has 0 amide bonds. The molecular formula is C20H26N2O6S. The Hall–Kier alpha value is -2.59. The van der Waals surface area contributed by atoms with Crippen LogP contribution in [0.3, 0.4) is 0 Å². The second-order valence-corrected chi connectivity index (χ2v) is 7.60. The van der Waals surface area contributed by atoms with Crippen LogP contribution in [-0.2, 0) is 10.0 Å². The van der Waals surface area contributed by atoms with Crippen LogP contribution in [0.4, 0.5) is 0 Å². The zero-order valence-corrected chi connectivity index (χ0v) is 17.0. The van der Waals surface area contributed by atoms with Crippen LogP contribution in [-0.4, -0.2) is 46.9 Å². The van der Waals surface area contributed by atoms with Crippen LogP contribution in [0.2, 0.25) is 0 Å². The minimum atomic E-state index is -3.97. The highest BCUT2D eigenvalue weighted by molar-refractivity contribution is 7.89. The Morgan fingerprint density at radius 2 is 1.86 bits per heavy atom. The number of aliphatic hydroxyl groups excluding tert-OH is 1. The molecule has 2 aromatic rings. The van der Waals surface area contributed by atoms with Crippen LogP contribution in [0.5, 0.6) is 17.2 Å². The average molecular weight is 423 g/mol. The maximum Gasteiger partial charge on any atom is 0.241 e. The summed E-state index contributed by atoms with van der Waals surface area (Å²) in [6, 6.07) is 11.7. The van der Waals surface area contributed by atoms with Crippen molar-refractivity contribution in [3.8, 4) is 17.2 Å². The molecule has 0 saturated carbocycles. The zero-order valence-electron chi connectivity index (χ0n) is 16.2. The van der Waals surface area contributed by atoms with Crippen LogP contribution in [0.25, 0.3) is 0 Å². The molecule has 0 aliphatic carbocycles. The van der Waals surface area contributed by atoms with Crippen LogP contribution in [0.15, 0.2) is 60.0 Å². The number of aliphatic hydroxyl groups is 1. The summed E-state index contributed by atoms with van der Waals surface area (Å²) in [5.41, 5.74) is 0.409. The summed E-state index contributed by atoms with van der Waals surface area (Å²) in [5.74, 6) is 1.37. The summed E-state index contributed by atoms with van der Waals surface area (Å²) >= 11 is 0. The van der Waals surface area contributed by atoms with Gasteiger partial charge in [-0.2, -0.15) is 0 Å². The first kappa shape index (κ1) is 22.7. The molecule has 0 fully saturated rings. The van der Waals surface area contributed by atoms with E-state index < -0.39 is 16.1 Å². The highest BCUT2D eigenvalue weighted by Crippen LogP contribution is 2.27. The zero-order chi connectivity index (χ0) is 21.3. The number of ether oxygens (including phenoxy) is 3. The number of nitrogens with two attached hydrogens (primary N) is 1. The number of hydrogen-bond donors (Lipinski definition) is 3. The van der Waals surface area contributed by atoms with E-state index >= 15 is 0 Å². The standard InChI is InChI=1S/C20H26N2O6S/c1-3-11-27-17-6-4-5-7-18(17)28-12-10-22-14-16(23)15-8-9-19(26-2)20(13-15)29(21,24)25/h3-9,13,16,22-23H,1,10-12,14H2,2H3,(H2,21,24,25). The van der Waals surface area contributed by atoms with Gasteiger partial charge in [0.1, 0.15) is 23.9 Å². The molecule has 2 aromatic carbocycles. The van der Waals surface area contributed by atoms with E-state index in [1.54, 1.807) is 18.2 Å². The third kappa shape index (κ3) is 6.75. The minimum absolute atomic E-state index is 0.127. The lowest BCUT2D eigenvalue weighted by Gasteiger charge is -2.15. The van der Waals surface area contributed by atoms with Gasteiger partial charge in [0.25, 0.3) is 0 Å². The highest BCUT2D eigenvalue weighted by atomic mass is 32.2. The van der Waals surface area contributed by atoms with Gasteiger partial charge in [0.2, 0.25) is 10.0 Å². The third-order valence-electron chi connectivity index (χ3n) is 3.96. The lowest BCUT2D eigenvalue weighted by molar-refractivity contribution is 0.171. The molecule has 0 saturated heterocycles. The Labute approximate surface area is 171 Å². The molecule has 8 nitrogen and oxygen atoms in total. The van der Waals surface area contributed by atoms with Crippen molar-refractivity contribution in [3.05, 3.63) is 60.7 Å². The van der Waals surface area contributed by atoms with E-state index in [0.29, 0.717) is 36.8 Å². The Kier molecular flexibility index (Phi) is 8.47. The first-order valence-corrected chi connectivity index (χ1v) is 10.5. The monoisotopic (exact) mass is 422 g/mol. The largest absolute Gasteiger partial charge is 0.495 e. The minimum Gasteiger partial charge on any atom is -0.495 e. The molecule has 0 bridgehead atoms. The van der Waals surface area contributed by atoms with Gasteiger partial charge in [0.05, 0.1) is 13.2 Å². The normalized spacial score (nSPS) is 12.2. The Bertz CT molecular complexity index is 917. The van der Waals surface area contributed by atoms with E-state index in [1.165, 1.54) is 19.2 Å². The third-order valence-corrected chi connectivity index (χ3v) is 4.89. The molecule has 0 aliphatic rings. The number of rotatable bonds is 12. The van der Waals surface area contributed by atoms with Crippen molar-refractivity contribution in [3.63, 3.8) is 0 Å². The number of nitrogens with one attached hydrogen (secondary N) is 1. The van der Waals surface area contributed by atoms with Gasteiger partial charge in [-0.05, 0) is 29.8 Å². The fraction of sp³-hybridized carbons (Fsp3) is 0.300. The summed E-state index contributed by atoms with van der Waals surface area (Å²) in [5, 5.41) is 18.6. The quantitative estimate of drug-likeness (QED) is 0.351. The van der Waals surface area contributed by atoms with E-state index in [0.717, 1.165) is 0 Å². The molecule has 0 aromatic heterocycles. The molecule has 1 unspecified atom stereocenters. The number of para-hydroxylation sites is 2. The summed E-state index contributed by atoms with van der Waals surface area (Å²) in [7, 11) is -2.62. The summed E-state index contributed by atoms with van der Waals surface area (Å²) < 4.78 is 39.6. The summed E-state index contributed by atoms with van der Waals surface area (Å²) in [4.78, 5) is -0.170. The number of benzene rings is 2. The molecule has 2 rings (SSSR count). The summed E-state index contributed by atoms with van der Waals surface area (Å²) in [6.45, 7) is 5.02. The molecule has 9 heteroatoms. The van der Waals surface area contributed by atoms with Gasteiger partial charge < -0.3 is 24.6 Å². The van der Waals surface area contributed by atoms with Gasteiger partial charge >= 0.3 is 0 Å². The Morgan fingerprint density at radius 3 is 2.48 bits per heavy atom. The second-order valence-electron chi connectivity index (χ2n) is 6.07. The lowest BCUT2D eigenvalue weighted by Crippen LogP contribution is -2.26. The summed E-state index contributed by atoms with van der Waals surface area (Å²) in [6.07, 6.45) is 0.727. The van der Waals surface area contributed by atoms with E-state index in [9.17, 15) is 13.5 Å². The van der Waals surface area contributed by atoms with Crippen molar-refractivity contribution in [2.24, 2.45) is 5.14 Å². The molecule has 0 radical (unpaired) electrons. The number of sulfonamides is 1. The van der Waals surface area contributed by atoms with Gasteiger partial charge in [0.15, 0.2) is 11.5 Å². The molecule has 0 aliphatic heterocycles. The van der Waals surface area contributed by atoms with E-state index in [2.05, 4.69) is 11.9 Å². The molecule has 0 spiro atoms. The van der Waals surface area contributed by atoms with Crippen molar-refractivity contribution in [1.29, 1.82) is 0 Å².